The smallest absolute Gasteiger partial charge is 0.303 e. The molecule has 0 heterocycles. The third-order valence-corrected chi connectivity index (χ3v) is 1.90. The second-order valence-corrected chi connectivity index (χ2v) is 3.31. The average Bonchev–Trinajstić information content (AvgIpc) is 2.16. The number of hydrogen-bond donors (Lipinski definition) is 2. The number of carboxylic acids is 1. The van der Waals surface area contributed by atoms with Gasteiger partial charge in [0.05, 0.1) is 0 Å². The van der Waals surface area contributed by atoms with Gasteiger partial charge in [0.2, 0.25) is 5.91 Å². The van der Waals surface area contributed by atoms with Gasteiger partial charge in [-0.25, -0.2) is 4.39 Å². The number of amides is 1. The predicted octanol–water partition coefficient (Wildman–Crippen LogP) is 2.02. The maximum atomic E-state index is 12.7. The zero-order valence-electron chi connectivity index (χ0n) is 8.57. The average molecular weight is 225 g/mol. The van der Waals surface area contributed by atoms with Crippen LogP contribution in [0, 0.1) is 5.82 Å². The Bertz CT molecular complexity index is 393. The molecule has 1 aromatic carbocycles. The summed E-state index contributed by atoms with van der Waals surface area (Å²) in [5.41, 5.74) is 0.375. The molecule has 0 atom stereocenters. The summed E-state index contributed by atoms with van der Waals surface area (Å²) in [6.07, 6.45) is 0.343. The molecule has 1 aromatic rings. The first-order chi connectivity index (χ1) is 7.58. The zero-order valence-corrected chi connectivity index (χ0v) is 8.57. The van der Waals surface area contributed by atoms with E-state index >= 15 is 0 Å². The lowest BCUT2D eigenvalue weighted by atomic mass is 10.2. The number of aliphatic carboxylic acids is 1. The van der Waals surface area contributed by atoms with Gasteiger partial charge in [-0.2, -0.15) is 0 Å². The van der Waals surface area contributed by atoms with Gasteiger partial charge < -0.3 is 10.4 Å². The van der Waals surface area contributed by atoms with Crippen molar-refractivity contribution in [3.63, 3.8) is 0 Å². The number of carbonyl (C=O) groups excluding carboxylic acids is 1. The van der Waals surface area contributed by atoms with Gasteiger partial charge in [0.1, 0.15) is 5.82 Å². The minimum absolute atomic E-state index is 0.0451. The Morgan fingerprint density at radius 1 is 1.31 bits per heavy atom. The molecule has 0 radical (unpaired) electrons. The van der Waals surface area contributed by atoms with Crippen LogP contribution in [0.25, 0.3) is 0 Å². The van der Waals surface area contributed by atoms with E-state index in [-0.39, 0.29) is 25.2 Å². The van der Waals surface area contributed by atoms with E-state index in [1.165, 1.54) is 18.2 Å². The Kier molecular flexibility index (Phi) is 4.44. The van der Waals surface area contributed by atoms with Gasteiger partial charge in [-0.15, -0.1) is 0 Å². The number of nitrogens with one attached hydrogen (secondary N) is 1. The van der Waals surface area contributed by atoms with Gasteiger partial charge in [0.25, 0.3) is 0 Å². The van der Waals surface area contributed by atoms with Crippen LogP contribution in [0.2, 0.25) is 0 Å². The van der Waals surface area contributed by atoms with E-state index in [1.807, 2.05) is 0 Å². The van der Waals surface area contributed by atoms with Crippen molar-refractivity contribution < 1.29 is 19.1 Å². The summed E-state index contributed by atoms with van der Waals surface area (Å²) in [4.78, 5) is 21.5. The van der Waals surface area contributed by atoms with Gasteiger partial charge in [0.15, 0.2) is 0 Å². The van der Waals surface area contributed by atoms with Gasteiger partial charge in [-0.3, -0.25) is 9.59 Å². The normalized spacial score (nSPS) is 9.81. The summed E-state index contributed by atoms with van der Waals surface area (Å²) in [6, 6.07) is 5.54. The fourth-order valence-corrected chi connectivity index (χ4v) is 1.19. The molecule has 86 valence electrons. The molecule has 0 spiro atoms. The van der Waals surface area contributed by atoms with E-state index in [0.717, 1.165) is 0 Å². The van der Waals surface area contributed by atoms with Crippen LogP contribution in [0.15, 0.2) is 24.3 Å². The Balaban J connectivity index is 2.37. The Hall–Kier alpha value is -1.91. The highest BCUT2D eigenvalue weighted by atomic mass is 19.1. The fraction of sp³-hybridized carbons (Fsp3) is 0.273. The lowest BCUT2D eigenvalue weighted by Gasteiger charge is -2.04. The zero-order chi connectivity index (χ0) is 12.0. The van der Waals surface area contributed by atoms with Crippen LogP contribution in [0.1, 0.15) is 19.3 Å². The topological polar surface area (TPSA) is 66.4 Å². The number of anilines is 1. The first kappa shape index (κ1) is 12.2. The van der Waals surface area contributed by atoms with Crippen molar-refractivity contribution in [2.75, 3.05) is 5.32 Å². The van der Waals surface area contributed by atoms with E-state index in [2.05, 4.69) is 5.32 Å². The third-order valence-electron chi connectivity index (χ3n) is 1.90. The molecular formula is C11H12FNO3. The Labute approximate surface area is 92.1 Å². The van der Waals surface area contributed by atoms with Crippen molar-refractivity contribution in [1.82, 2.24) is 0 Å². The van der Waals surface area contributed by atoms with Crippen LogP contribution in [-0.2, 0) is 9.59 Å². The largest absolute Gasteiger partial charge is 0.481 e. The number of carboxylic acid groups (broad SMARTS) is 1. The standard InChI is InChI=1S/C11H12FNO3/c12-8-3-1-4-9(7-8)13-10(14)5-2-6-11(15)16/h1,3-4,7H,2,5-6H2,(H,13,14)(H,15,16). The van der Waals surface area contributed by atoms with E-state index < -0.39 is 11.8 Å². The van der Waals surface area contributed by atoms with Crippen LogP contribution in [0.3, 0.4) is 0 Å². The molecule has 4 nitrogen and oxygen atoms in total. The monoisotopic (exact) mass is 225 g/mol. The first-order valence-corrected chi connectivity index (χ1v) is 4.85. The first-order valence-electron chi connectivity index (χ1n) is 4.85. The molecule has 5 heteroatoms. The summed E-state index contributed by atoms with van der Waals surface area (Å²) in [7, 11) is 0. The highest BCUT2D eigenvalue weighted by molar-refractivity contribution is 5.90. The molecule has 0 aliphatic rings. The Morgan fingerprint density at radius 3 is 2.69 bits per heavy atom. The summed E-state index contributed by atoms with van der Waals surface area (Å²) in [6.45, 7) is 0. The molecule has 0 unspecified atom stereocenters. The minimum Gasteiger partial charge on any atom is -0.481 e. The third kappa shape index (κ3) is 4.54. The van der Waals surface area contributed by atoms with Crippen LogP contribution < -0.4 is 5.32 Å². The molecule has 0 aromatic heterocycles. The molecule has 0 saturated carbocycles. The molecule has 0 fully saturated rings. The molecule has 2 N–H and O–H groups in total. The van der Waals surface area contributed by atoms with Crippen LogP contribution >= 0.6 is 0 Å². The van der Waals surface area contributed by atoms with Crippen molar-refractivity contribution in [1.29, 1.82) is 0 Å². The lowest BCUT2D eigenvalue weighted by molar-refractivity contribution is -0.137. The van der Waals surface area contributed by atoms with E-state index in [0.29, 0.717) is 5.69 Å². The highest BCUT2D eigenvalue weighted by Crippen LogP contribution is 2.09. The SMILES string of the molecule is O=C(O)CCCC(=O)Nc1cccc(F)c1. The van der Waals surface area contributed by atoms with Crippen LogP contribution in [0.5, 0.6) is 0 Å². The molecule has 0 saturated heterocycles. The van der Waals surface area contributed by atoms with Gasteiger partial charge >= 0.3 is 5.97 Å². The number of benzene rings is 1. The summed E-state index contributed by atoms with van der Waals surface area (Å²) < 4.78 is 12.7. The van der Waals surface area contributed by atoms with E-state index in [9.17, 15) is 14.0 Å². The summed E-state index contributed by atoms with van der Waals surface area (Å²) >= 11 is 0. The second kappa shape index (κ2) is 5.85. The Morgan fingerprint density at radius 2 is 2.06 bits per heavy atom. The molecule has 1 rings (SSSR count). The predicted molar refractivity (Wildman–Crippen MR) is 56.5 cm³/mol. The van der Waals surface area contributed by atoms with Gasteiger partial charge in [0, 0.05) is 18.5 Å². The van der Waals surface area contributed by atoms with E-state index in [4.69, 9.17) is 5.11 Å². The number of hydrogen-bond acceptors (Lipinski definition) is 2. The molecule has 0 aliphatic carbocycles. The summed E-state index contributed by atoms with van der Waals surface area (Å²) in [5, 5.41) is 10.9. The van der Waals surface area contributed by atoms with Gasteiger partial charge in [-0.05, 0) is 24.6 Å². The molecule has 0 aliphatic heterocycles. The minimum atomic E-state index is -0.932. The van der Waals surface area contributed by atoms with Gasteiger partial charge in [-0.1, -0.05) is 6.07 Å². The molecular weight excluding hydrogens is 213 g/mol. The van der Waals surface area contributed by atoms with Crippen molar-refractivity contribution in [2.45, 2.75) is 19.3 Å². The second-order valence-electron chi connectivity index (χ2n) is 3.31. The van der Waals surface area contributed by atoms with Crippen molar-refractivity contribution >= 4 is 17.6 Å². The maximum absolute atomic E-state index is 12.7. The molecule has 16 heavy (non-hydrogen) atoms. The summed E-state index contributed by atoms with van der Waals surface area (Å²) in [5.74, 6) is -1.67. The lowest BCUT2D eigenvalue weighted by Crippen LogP contribution is -2.11. The quantitative estimate of drug-likeness (QED) is 0.805. The number of rotatable bonds is 5. The highest BCUT2D eigenvalue weighted by Gasteiger charge is 2.04. The fourth-order valence-electron chi connectivity index (χ4n) is 1.19. The van der Waals surface area contributed by atoms with Crippen LogP contribution in [-0.4, -0.2) is 17.0 Å². The number of halogens is 1. The maximum Gasteiger partial charge on any atom is 0.303 e. The number of carbonyl (C=O) groups is 2. The van der Waals surface area contributed by atoms with Crippen LogP contribution in [0.4, 0.5) is 10.1 Å². The molecule has 1 amide bonds. The van der Waals surface area contributed by atoms with E-state index in [1.54, 1.807) is 6.07 Å². The van der Waals surface area contributed by atoms with Crippen molar-refractivity contribution in [3.05, 3.63) is 30.1 Å². The van der Waals surface area contributed by atoms with Crippen molar-refractivity contribution in [3.8, 4) is 0 Å². The van der Waals surface area contributed by atoms with Crippen molar-refractivity contribution in [2.24, 2.45) is 0 Å². The molecule has 0 bridgehead atoms.